The predicted molar refractivity (Wildman–Crippen MR) is 85.3 cm³/mol. The van der Waals surface area contributed by atoms with Gasteiger partial charge < -0.3 is 0 Å². The Balaban J connectivity index is 2.39. The largest absolute Gasteiger partial charge is 0.369 e. The SMILES string of the molecule is C/C(=C\C(F)(F)S(=O)(=O)c1ccccc1)c1ccc([N+](=O)[O-])cc1. The van der Waals surface area contributed by atoms with E-state index in [4.69, 9.17) is 0 Å². The van der Waals surface area contributed by atoms with Crippen molar-refractivity contribution < 1.29 is 22.1 Å². The molecule has 5 nitrogen and oxygen atoms in total. The van der Waals surface area contributed by atoms with Crippen molar-refractivity contribution in [1.82, 2.24) is 0 Å². The second kappa shape index (κ2) is 6.48. The third-order valence-electron chi connectivity index (χ3n) is 3.33. The molecule has 0 unspecified atom stereocenters. The molecule has 0 bridgehead atoms. The summed E-state index contributed by atoms with van der Waals surface area (Å²) in [6.07, 6.45) is 0.344. The van der Waals surface area contributed by atoms with E-state index in [0.29, 0.717) is 6.08 Å². The lowest BCUT2D eigenvalue weighted by atomic mass is 10.1. The fourth-order valence-corrected chi connectivity index (χ4v) is 3.18. The Morgan fingerprint density at radius 2 is 1.62 bits per heavy atom. The Bertz CT molecular complexity index is 876. The molecule has 2 aromatic carbocycles. The molecule has 0 spiro atoms. The molecule has 0 aliphatic heterocycles. The van der Waals surface area contributed by atoms with Crippen LogP contribution in [0.15, 0.2) is 65.6 Å². The summed E-state index contributed by atoms with van der Waals surface area (Å²) in [4.78, 5) is 9.49. The Morgan fingerprint density at radius 1 is 1.08 bits per heavy atom. The topological polar surface area (TPSA) is 77.3 Å². The third kappa shape index (κ3) is 3.48. The number of nitro groups is 1. The Kier molecular flexibility index (Phi) is 4.79. The highest BCUT2D eigenvalue weighted by molar-refractivity contribution is 7.92. The van der Waals surface area contributed by atoms with Gasteiger partial charge in [0.05, 0.1) is 9.82 Å². The maximum absolute atomic E-state index is 14.3. The van der Waals surface area contributed by atoms with Gasteiger partial charge in [-0.3, -0.25) is 10.1 Å². The zero-order valence-corrected chi connectivity index (χ0v) is 13.3. The molecule has 0 atom stereocenters. The van der Waals surface area contributed by atoms with Crippen LogP contribution in [0.5, 0.6) is 0 Å². The van der Waals surface area contributed by atoms with Crippen LogP contribution in [0.25, 0.3) is 5.57 Å². The van der Waals surface area contributed by atoms with E-state index in [1.54, 1.807) is 0 Å². The normalized spacial score (nSPS) is 12.9. The maximum atomic E-state index is 14.3. The maximum Gasteiger partial charge on any atom is 0.369 e. The van der Waals surface area contributed by atoms with E-state index in [0.717, 1.165) is 24.3 Å². The summed E-state index contributed by atoms with van der Waals surface area (Å²) in [6, 6.07) is 11.3. The molecule has 2 rings (SSSR count). The number of nitrogens with zero attached hydrogens (tertiary/aromatic N) is 1. The molecule has 0 heterocycles. The average Bonchev–Trinajstić information content (AvgIpc) is 2.55. The highest BCUT2D eigenvalue weighted by atomic mass is 32.2. The molecule has 126 valence electrons. The van der Waals surface area contributed by atoms with Crippen LogP contribution >= 0.6 is 0 Å². The van der Waals surface area contributed by atoms with E-state index in [2.05, 4.69) is 0 Å². The Labute approximate surface area is 137 Å². The molecule has 0 aliphatic rings. The predicted octanol–water partition coefficient (Wildman–Crippen LogP) is 4.06. The summed E-state index contributed by atoms with van der Waals surface area (Å²) in [6.45, 7) is 1.32. The first kappa shape index (κ1) is 17.7. The van der Waals surface area contributed by atoms with Crippen LogP contribution in [0.3, 0.4) is 0 Å². The molecule has 0 aromatic heterocycles. The van der Waals surface area contributed by atoms with E-state index in [1.165, 1.54) is 37.3 Å². The highest BCUT2D eigenvalue weighted by Crippen LogP contribution is 2.33. The van der Waals surface area contributed by atoms with Crippen LogP contribution in [0.2, 0.25) is 0 Å². The first-order valence-electron chi connectivity index (χ1n) is 6.77. The number of non-ortho nitro benzene ring substituents is 1. The van der Waals surface area contributed by atoms with Crippen molar-refractivity contribution in [3.8, 4) is 0 Å². The summed E-state index contributed by atoms with van der Waals surface area (Å²) >= 11 is 0. The highest BCUT2D eigenvalue weighted by Gasteiger charge is 2.44. The van der Waals surface area contributed by atoms with Crippen molar-refractivity contribution in [3.05, 3.63) is 76.4 Å². The van der Waals surface area contributed by atoms with Gasteiger partial charge in [0.15, 0.2) is 0 Å². The molecule has 8 heteroatoms. The van der Waals surface area contributed by atoms with Gasteiger partial charge in [-0.1, -0.05) is 18.2 Å². The van der Waals surface area contributed by atoms with Crippen LogP contribution < -0.4 is 0 Å². The average molecular weight is 353 g/mol. The molecule has 0 N–H and O–H groups in total. The van der Waals surface area contributed by atoms with Crippen molar-refractivity contribution in [3.63, 3.8) is 0 Å². The van der Waals surface area contributed by atoms with Crippen molar-refractivity contribution >= 4 is 21.1 Å². The molecule has 2 aromatic rings. The molecule has 0 saturated heterocycles. The van der Waals surface area contributed by atoms with Gasteiger partial charge in [0.2, 0.25) is 9.84 Å². The number of alkyl halides is 2. The minimum atomic E-state index is -4.88. The lowest BCUT2D eigenvalue weighted by Crippen LogP contribution is -2.26. The van der Waals surface area contributed by atoms with Gasteiger partial charge in [0.25, 0.3) is 5.69 Å². The van der Waals surface area contributed by atoms with Gasteiger partial charge in [-0.15, -0.1) is 0 Å². The fourth-order valence-electron chi connectivity index (χ4n) is 2.02. The third-order valence-corrected chi connectivity index (χ3v) is 5.06. The molecular weight excluding hydrogens is 340 g/mol. The zero-order chi connectivity index (χ0) is 18.0. The van der Waals surface area contributed by atoms with Gasteiger partial charge in [-0.2, -0.15) is 8.78 Å². The van der Waals surface area contributed by atoms with Crippen LogP contribution in [-0.4, -0.2) is 18.6 Å². The van der Waals surface area contributed by atoms with E-state index in [-0.39, 0.29) is 16.8 Å². The second-order valence-corrected chi connectivity index (χ2v) is 7.03. The Morgan fingerprint density at radius 3 is 2.12 bits per heavy atom. The standard InChI is InChI=1S/C16H13F2NO4S/c1-12(13-7-9-14(10-8-13)19(20)21)11-16(17,18)24(22,23)15-5-3-2-4-6-15/h2-11H,1H3/b12-11+. The summed E-state index contributed by atoms with van der Waals surface area (Å²) in [5.74, 6) is 0. The zero-order valence-electron chi connectivity index (χ0n) is 12.5. The molecular formula is C16H13F2NO4S. The summed E-state index contributed by atoms with van der Waals surface area (Å²) in [5.41, 5.74) is 0.0770. The van der Waals surface area contributed by atoms with Crippen molar-refractivity contribution in [1.29, 1.82) is 0 Å². The van der Waals surface area contributed by atoms with Crippen LogP contribution in [0.4, 0.5) is 14.5 Å². The van der Waals surface area contributed by atoms with Crippen LogP contribution in [0.1, 0.15) is 12.5 Å². The van der Waals surface area contributed by atoms with E-state index in [9.17, 15) is 27.3 Å². The van der Waals surface area contributed by atoms with Gasteiger partial charge in [-0.05, 0) is 42.3 Å². The van der Waals surface area contributed by atoms with Gasteiger partial charge in [0.1, 0.15) is 0 Å². The number of allylic oxidation sites excluding steroid dienone is 1. The first-order chi connectivity index (χ1) is 11.1. The lowest BCUT2D eigenvalue weighted by molar-refractivity contribution is -0.384. The number of rotatable bonds is 5. The number of benzene rings is 2. The van der Waals surface area contributed by atoms with Gasteiger partial charge in [-0.25, -0.2) is 8.42 Å². The monoisotopic (exact) mass is 353 g/mol. The summed E-state index contributed by atoms with van der Waals surface area (Å²) < 4.78 is 52.7. The lowest BCUT2D eigenvalue weighted by Gasteiger charge is -2.14. The van der Waals surface area contributed by atoms with E-state index in [1.807, 2.05) is 0 Å². The fraction of sp³-hybridized carbons (Fsp3) is 0.125. The molecule has 0 aliphatic carbocycles. The number of nitro benzene ring substituents is 1. The number of hydrogen-bond acceptors (Lipinski definition) is 4. The quantitative estimate of drug-likeness (QED) is 0.600. The first-order valence-corrected chi connectivity index (χ1v) is 8.25. The van der Waals surface area contributed by atoms with Crippen molar-refractivity contribution in [2.75, 3.05) is 0 Å². The molecule has 0 fully saturated rings. The molecule has 0 amide bonds. The summed E-state index contributed by atoms with van der Waals surface area (Å²) in [5, 5.41) is 6.48. The minimum absolute atomic E-state index is 0.00518. The molecule has 0 saturated carbocycles. The van der Waals surface area contributed by atoms with Crippen LogP contribution in [-0.2, 0) is 9.84 Å². The van der Waals surface area contributed by atoms with Gasteiger partial charge in [0, 0.05) is 18.2 Å². The van der Waals surface area contributed by atoms with E-state index >= 15 is 0 Å². The van der Waals surface area contributed by atoms with Crippen molar-refractivity contribution in [2.45, 2.75) is 17.1 Å². The number of halogens is 2. The second-order valence-electron chi connectivity index (χ2n) is 5.01. The van der Waals surface area contributed by atoms with E-state index < -0.39 is 24.9 Å². The molecule has 24 heavy (non-hydrogen) atoms. The Hall–Kier alpha value is -2.61. The number of sulfone groups is 1. The van der Waals surface area contributed by atoms with Crippen LogP contribution in [0, 0.1) is 10.1 Å². The molecule has 0 radical (unpaired) electrons. The minimum Gasteiger partial charge on any atom is -0.258 e. The van der Waals surface area contributed by atoms with Gasteiger partial charge >= 0.3 is 5.25 Å². The smallest absolute Gasteiger partial charge is 0.258 e. The summed E-state index contributed by atoms with van der Waals surface area (Å²) in [7, 11) is -4.88. The van der Waals surface area contributed by atoms with Crippen molar-refractivity contribution in [2.24, 2.45) is 0 Å². The number of hydrogen-bond donors (Lipinski definition) is 0.